The van der Waals surface area contributed by atoms with Crippen molar-refractivity contribution in [1.29, 1.82) is 0 Å². The molecule has 0 bridgehead atoms. The minimum Gasteiger partial charge on any atom is -0.484 e. The number of nitrogens with zero attached hydrogens (tertiary/aromatic N) is 4. The van der Waals surface area contributed by atoms with Crippen molar-refractivity contribution in [1.82, 2.24) is 25.0 Å². The number of rotatable bonds is 16. The molecule has 11 nitrogen and oxygen atoms in total. The Balaban J connectivity index is 0.000000292. The highest BCUT2D eigenvalue weighted by molar-refractivity contribution is 14.0. The first-order valence-corrected chi connectivity index (χ1v) is 28.3. The van der Waals surface area contributed by atoms with E-state index in [1.165, 1.54) is 16.7 Å². The zero-order valence-corrected chi connectivity index (χ0v) is 51.0. The van der Waals surface area contributed by atoms with Crippen LogP contribution >= 0.6 is 35.6 Å². The van der Waals surface area contributed by atoms with E-state index in [2.05, 4.69) is 146 Å². The van der Waals surface area contributed by atoms with Crippen LogP contribution in [-0.2, 0) is 9.59 Å². The molecule has 0 radical (unpaired) electrons. The van der Waals surface area contributed by atoms with Crippen LogP contribution in [0.5, 0.6) is 11.5 Å². The van der Waals surface area contributed by atoms with Crippen molar-refractivity contribution in [2.45, 2.75) is 118 Å². The van der Waals surface area contributed by atoms with Crippen molar-refractivity contribution in [3.05, 3.63) is 211 Å². The largest absolute Gasteiger partial charge is 0.484 e. The van der Waals surface area contributed by atoms with Crippen molar-refractivity contribution in [2.75, 3.05) is 45.9 Å². The lowest BCUT2D eigenvalue weighted by molar-refractivity contribution is -0.139. The average Bonchev–Trinajstić information content (AvgIpc) is 3.48. The lowest BCUT2D eigenvalue weighted by atomic mass is 10.00. The average molecular weight is 1230 g/mol. The monoisotopic (exact) mass is 1230 g/mol. The van der Waals surface area contributed by atoms with Gasteiger partial charge in [-0.1, -0.05) is 178 Å². The number of hydrogen-bond donors (Lipinski definition) is 3. The minimum absolute atomic E-state index is 0. The van der Waals surface area contributed by atoms with E-state index in [4.69, 9.17) is 31.9 Å². The normalized spacial score (nSPS) is 14.2. The molecule has 2 atom stereocenters. The molecule has 0 aliphatic carbocycles. The lowest BCUT2D eigenvalue weighted by Crippen LogP contribution is -2.46. The van der Waals surface area contributed by atoms with E-state index in [1.807, 2.05) is 97.1 Å². The quantitative estimate of drug-likeness (QED) is 0.0634. The number of carboxylic acid groups (broad SMARTS) is 1. The zero-order chi connectivity index (χ0) is 56.8. The van der Waals surface area contributed by atoms with Gasteiger partial charge < -0.3 is 25.6 Å². The molecule has 2 unspecified atom stereocenters. The van der Waals surface area contributed by atoms with E-state index in [0.717, 1.165) is 75.1 Å². The van der Waals surface area contributed by atoms with Gasteiger partial charge in [-0.25, -0.2) is 9.78 Å². The van der Waals surface area contributed by atoms with Gasteiger partial charge in [0.2, 0.25) is 0 Å². The van der Waals surface area contributed by atoms with Gasteiger partial charge in [-0.2, -0.15) is 0 Å². The summed E-state index contributed by atoms with van der Waals surface area (Å²) >= 11 is 5.43. The Morgan fingerprint density at radius 2 is 0.951 bits per heavy atom. The summed E-state index contributed by atoms with van der Waals surface area (Å²) in [4.78, 5) is 33.9. The van der Waals surface area contributed by atoms with Gasteiger partial charge >= 0.3 is 5.97 Å². The number of piperidine rings is 2. The van der Waals surface area contributed by atoms with Crippen LogP contribution in [0.25, 0.3) is 22.3 Å². The molecule has 81 heavy (non-hydrogen) atoms. The van der Waals surface area contributed by atoms with Crippen molar-refractivity contribution < 1.29 is 24.2 Å². The lowest BCUT2D eigenvalue weighted by Gasteiger charge is -2.36. The first-order valence-electron chi connectivity index (χ1n) is 27.9. The maximum atomic E-state index is 12.4. The molecule has 1 aromatic heterocycles. The highest BCUT2D eigenvalue weighted by atomic mass is 127. The summed E-state index contributed by atoms with van der Waals surface area (Å²) < 4.78 is 10.8. The number of hydrogen-bond acceptors (Lipinski definition) is 9. The number of aromatic nitrogens is 1. The fourth-order valence-electron chi connectivity index (χ4n) is 9.60. The number of carbonyl (C=O) groups is 2. The smallest absolute Gasteiger partial charge is 0.341 e. The number of pyridine rings is 1. The fourth-order valence-corrected chi connectivity index (χ4v) is 9.73. The summed E-state index contributed by atoms with van der Waals surface area (Å²) in [5, 5.41) is 12.2. The summed E-state index contributed by atoms with van der Waals surface area (Å²) in [5.41, 5.74) is 13.2. The highest BCUT2D eigenvalue weighted by Crippen LogP contribution is 2.27. The summed E-state index contributed by atoms with van der Waals surface area (Å²) in [6.45, 7) is 20.8. The number of benzene rings is 6. The highest BCUT2D eigenvalue weighted by Gasteiger charge is 2.25. The van der Waals surface area contributed by atoms with Crippen LogP contribution in [0.3, 0.4) is 0 Å². The number of likely N-dealkylation sites (tertiary alicyclic amines) is 2. The van der Waals surface area contributed by atoms with Gasteiger partial charge in [-0.05, 0) is 144 Å². The predicted molar refractivity (Wildman–Crippen MR) is 348 cm³/mol. The maximum absolute atomic E-state index is 12.4. The van der Waals surface area contributed by atoms with Gasteiger partial charge in [0, 0.05) is 68.6 Å². The third-order valence-corrected chi connectivity index (χ3v) is 14.3. The number of carbonyl (C=O) groups excluding carboxylic acids is 1. The molecule has 2 saturated heterocycles. The van der Waals surface area contributed by atoms with Gasteiger partial charge in [0.15, 0.2) is 13.2 Å². The van der Waals surface area contributed by atoms with Crippen molar-refractivity contribution in [3.8, 4) is 33.8 Å². The third kappa shape index (κ3) is 25.7. The van der Waals surface area contributed by atoms with Crippen LogP contribution in [0, 0.1) is 0 Å². The number of carboxylic acids is 1. The molecule has 13 heteroatoms. The second kappa shape index (κ2) is 38.6. The Morgan fingerprint density at radius 3 is 1.28 bits per heavy atom. The van der Waals surface area contributed by atoms with Crippen molar-refractivity contribution >= 4 is 47.5 Å². The predicted octanol–water partition coefficient (Wildman–Crippen LogP) is 15.2. The van der Waals surface area contributed by atoms with E-state index >= 15 is 0 Å². The molecule has 0 spiro atoms. The first kappa shape index (κ1) is 69.1. The SMILES string of the molecule is C.CC(c1ccccc1)N1CCC(N)CC1.CC(c1ccccc1)N1CCC(NC(=O)COc2ccc(-c3ccccc3)cc2)CC1.CCN(C(C)C)C(C)C.Clc1ccccn1.I.O=C(O)COc1ccc(-c2ccccc2)cc1. The van der Waals surface area contributed by atoms with Crippen molar-refractivity contribution in [2.24, 2.45) is 5.73 Å². The first-order chi connectivity index (χ1) is 38.2. The summed E-state index contributed by atoms with van der Waals surface area (Å²) in [6, 6.07) is 65.1. The number of aliphatic carboxylic acids is 1. The topological polar surface area (TPSA) is 133 Å². The Bertz CT molecular complexity index is 2710. The van der Waals surface area contributed by atoms with E-state index in [-0.39, 0.29) is 56.6 Å². The molecule has 6 aromatic carbocycles. The molecular formula is C68H90ClIN6O5. The number of halogens is 2. The van der Waals surface area contributed by atoms with Gasteiger partial charge in [0.25, 0.3) is 5.91 Å². The van der Waals surface area contributed by atoms with E-state index < -0.39 is 5.97 Å². The number of ether oxygens (including phenoxy) is 2. The second-order valence-corrected chi connectivity index (χ2v) is 20.7. The summed E-state index contributed by atoms with van der Waals surface area (Å²) in [7, 11) is 0. The number of nitrogens with two attached hydrogens (primary N) is 1. The van der Waals surface area contributed by atoms with Gasteiger partial charge in [0.1, 0.15) is 16.7 Å². The second-order valence-electron chi connectivity index (χ2n) is 20.3. The van der Waals surface area contributed by atoms with Crippen LogP contribution in [-0.4, -0.2) is 107 Å². The molecule has 1 amide bonds. The Kier molecular flexibility index (Phi) is 32.9. The molecule has 436 valence electrons. The van der Waals surface area contributed by atoms with Gasteiger partial charge in [-0.3, -0.25) is 19.5 Å². The molecule has 9 rings (SSSR count). The molecule has 2 aliphatic rings. The van der Waals surface area contributed by atoms with Crippen LogP contribution in [0.4, 0.5) is 0 Å². The van der Waals surface area contributed by atoms with Crippen LogP contribution in [0.1, 0.15) is 105 Å². The van der Waals surface area contributed by atoms with Crippen molar-refractivity contribution in [3.63, 3.8) is 0 Å². The minimum atomic E-state index is -0.975. The Hall–Kier alpha value is -6.13. The summed E-state index contributed by atoms with van der Waals surface area (Å²) in [6.07, 6.45) is 5.86. The molecule has 2 fully saturated rings. The third-order valence-electron chi connectivity index (χ3n) is 14.1. The molecular weight excluding hydrogens is 1140 g/mol. The number of nitrogens with one attached hydrogen (secondary N) is 1. The molecule has 7 aromatic rings. The zero-order valence-electron chi connectivity index (χ0n) is 48.0. The van der Waals surface area contributed by atoms with Crippen LogP contribution < -0.4 is 20.5 Å². The molecule has 3 heterocycles. The van der Waals surface area contributed by atoms with Crippen LogP contribution in [0.2, 0.25) is 5.15 Å². The van der Waals surface area contributed by atoms with Gasteiger partial charge in [0.05, 0.1) is 0 Å². The molecule has 0 saturated carbocycles. The maximum Gasteiger partial charge on any atom is 0.341 e. The summed E-state index contributed by atoms with van der Waals surface area (Å²) in [5.74, 6) is 0.243. The van der Waals surface area contributed by atoms with Crippen LogP contribution in [0.15, 0.2) is 194 Å². The van der Waals surface area contributed by atoms with Gasteiger partial charge in [-0.15, -0.1) is 24.0 Å². The standard InChI is InChI=1S/C27H30N2O2.C14H12O3.C13H20N2.C8H19N.C5H4ClN.CH4.HI/c1-21(22-8-4-2-5-9-22)29-18-16-25(17-19-29)28-27(30)20-31-26-14-12-24(13-15-26)23-10-6-3-7-11-23;15-14(16)10-17-13-8-6-12(7-9-13)11-4-2-1-3-5-11;1-11(12-5-3-2-4-6-12)15-9-7-13(14)8-10-15;1-6-9(7(2)3)8(4)5;6-5-3-1-2-4-7-5;;/h2-15,21,25H,16-20H2,1H3,(H,28,30);1-9H,10H2,(H,15,16);2-6,11,13H,7-10,14H2,1H3;7-8H,6H2,1-5H3;1-4H;1H4;1H. The van der Waals surface area contributed by atoms with E-state index in [0.29, 0.717) is 46.9 Å². The van der Waals surface area contributed by atoms with E-state index in [9.17, 15) is 9.59 Å². The molecule has 4 N–H and O–H groups in total. The Labute approximate surface area is 507 Å². The fraction of sp³-hybridized carbons (Fsp3) is 0.368. The molecule has 2 aliphatic heterocycles. The van der Waals surface area contributed by atoms with E-state index in [1.54, 1.807) is 24.4 Å². The number of amides is 1. The Morgan fingerprint density at radius 1 is 0.580 bits per heavy atom.